The van der Waals surface area contributed by atoms with Crippen molar-refractivity contribution in [2.45, 2.75) is 69.8 Å². The van der Waals surface area contributed by atoms with Crippen molar-refractivity contribution in [3.63, 3.8) is 0 Å². The molecule has 3 N–H and O–H groups in total. The van der Waals surface area contributed by atoms with Crippen molar-refractivity contribution < 1.29 is 9.90 Å². The smallest absolute Gasteiger partial charge is 0.315 e. The van der Waals surface area contributed by atoms with Crippen LogP contribution in [0.3, 0.4) is 0 Å². The van der Waals surface area contributed by atoms with E-state index in [1.165, 1.54) is 17.5 Å². The second-order valence-corrected chi connectivity index (χ2v) is 10.8. The lowest BCUT2D eigenvalue weighted by Gasteiger charge is -2.36. The van der Waals surface area contributed by atoms with Crippen LogP contribution in [0.25, 0.3) is 0 Å². The number of amides is 2. The van der Waals surface area contributed by atoms with Gasteiger partial charge in [-0.25, -0.2) is 4.79 Å². The van der Waals surface area contributed by atoms with Crippen molar-refractivity contribution in [2.75, 3.05) is 6.54 Å². The summed E-state index contributed by atoms with van der Waals surface area (Å²) in [5.41, 5.74) is 3.14. The quantitative estimate of drug-likeness (QED) is 0.381. The van der Waals surface area contributed by atoms with Crippen molar-refractivity contribution in [3.8, 4) is 0 Å². The number of nitrogens with one attached hydrogen (secondary N) is 2. The van der Waals surface area contributed by atoms with Gasteiger partial charge >= 0.3 is 6.03 Å². The summed E-state index contributed by atoms with van der Waals surface area (Å²) in [7, 11) is 0. The number of aliphatic hydroxyl groups is 1. The first kappa shape index (κ1) is 25.5. The fourth-order valence-corrected chi connectivity index (χ4v) is 6.10. The number of carbonyl (C=O) groups is 1. The Balaban J connectivity index is 1.10. The maximum atomic E-state index is 13.0. The summed E-state index contributed by atoms with van der Waals surface area (Å²) in [4.78, 5) is 15.5. The van der Waals surface area contributed by atoms with E-state index >= 15 is 0 Å². The highest BCUT2D eigenvalue weighted by atomic mass is 16.3. The van der Waals surface area contributed by atoms with Gasteiger partial charge in [-0.05, 0) is 73.7 Å². The van der Waals surface area contributed by atoms with Gasteiger partial charge in [0.1, 0.15) is 5.60 Å². The number of hydrogen-bond donors (Lipinski definition) is 3. The lowest BCUT2D eigenvalue weighted by atomic mass is 9.81. The molecule has 2 amide bonds. The summed E-state index contributed by atoms with van der Waals surface area (Å²) in [5.74, 6) is 0.727. The molecule has 5 nitrogen and oxygen atoms in total. The highest BCUT2D eigenvalue weighted by Gasteiger charge is 2.38. The molecule has 37 heavy (non-hydrogen) atoms. The van der Waals surface area contributed by atoms with Crippen LogP contribution in [0.15, 0.2) is 84.9 Å². The molecule has 194 valence electrons. The minimum absolute atomic E-state index is 0.182. The fraction of sp³-hybridized carbons (Fsp3) is 0.406. The van der Waals surface area contributed by atoms with E-state index < -0.39 is 11.6 Å². The highest BCUT2D eigenvalue weighted by molar-refractivity contribution is 5.75. The molecular weight excluding hydrogens is 458 g/mol. The van der Waals surface area contributed by atoms with Crippen molar-refractivity contribution in [1.29, 1.82) is 0 Å². The molecule has 0 radical (unpaired) electrons. The summed E-state index contributed by atoms with van der Waals surface area (Å²) in [5, 5.41) is 18.1. The number of urea groups is 1. The molecule has 1 saturated carbocycles. The zero-order chi connectivity index (χ0) is 25.7. The zero-order valence-corrected chi connectivity index (χ0v) is 21.8. The third-order valence-corrected chi connectivity index (χ3v) is 8.34. The average molecular weight is 498 g/mol. The van der Waals surface area contributed by atoms with Crippen LogP contribution in [-0.4, -0.2) is 34.7 Å². The summed E-state index contributed by atoms with van der Waals surface area (Å²) < 4.78 is 0. The van der Waals surface area contributed by atoms with Gasteiger partial charge in [-0.15, -0.1) is 0 Å². The molecule has 0 bridgehead atoms. The van der Waals surface area contributed by atoms with Gasteiger partial charge in [0.25, 0.3) is 0 Å². The van der Waals surface area contributed by atoms with Gasteiger partial charge in [-0.2, -0.15) is 0 Å². The van der Waals surface area contributed by atoms with Crippen LogP contribution in [0, 0.1) is 5.92 Å². The molecule has 5 heteroatoms. The standard InChI is InChI=1S/C32H39N3O2/c1-24(32(37,28-12-4-2-5-13-28)29-14-6-3-7-15-29)33-31(36)34-30-18-16-25(17-19-30)20-21-35-22-26-10-8-9-11-27(26)23-35/h2-15,24-25,30,37H,16-23H2,1H3,(H2,33,34,36)/t24-,25-,30-/m1/s1. The van der Waals surface area contributed by atoms with Crippen molar-refractivity contribution in [2.24, 2.45) is 5.92 Å². The Morgan fingerprint density at radius 1 is 0.865 bits per heavy atom. The lowest BCUT2D eigenvalue weighted by molar-refractivity contribution is 0.0470. The maximum Gasteiger partial charge on any atom is 0.315 e. The zero-order valence-electron chi connectivity index (χ0n) is 21.8. The first-order valence-electron chi connectivity index (χ1n) is 13.7. The predicted molar refractivity (Wildman–Crippen MR) is 148 cm³/mol. The molecule has 1 aliphatic carbocycles. The highest BCUT2D eigenvalue weighted by Crippen LogP contribution is 2.33. The van der Waals surface area contributed by atoms with Crippen LogP contribution in [0.5, 0.6) is 0 Å². The number of carbonyl (C=O) groups excluding carboxylic acids is 1. The molecular formula is C32H39N3O2. The number of fused-ring (bicyclic) bond motifs is 1. The Labute approximate surface area is 220 Å². The van der Waals surface area contributed by atoms with Gasteiger partial charge in [-0.3, -0.25) is 4.90 Å². The van der Waals surface area contributed by atoms with E-state index in [1.807, 2.05) is 67.6 Å². The van der Waals surface area contributed by atoms with E-state index in [9.17, 15) is 9.90 Å². The average Bonchev–Trinajstić information content (AvgIpc) is 3.36. The van der Waals surface area contributed by atoms with E-state index in [2.05, 4.69) is 39.8 Å². The van der Waals surface area contributed by atoms with Crippen LogP contribution in [-0.2, 0) is 18.7 Å². The van der Waals surface area contributed by atoms with Crippen LogP contribution in [0.4, 0.5) is 4.79 Å². The van der Waals surface area contributed by atoms with Gasteiger partial charge in [0.15, 0.2) is 0 Å². The topological polar surface area (TPSA) is 64.6 Å². The summed E-state index contributed by atoms with van der Waals surface area (Å²) in [6.07, 6.45) is 5.55. The Kier molecular flexibility index (Phi) is 7.92. The second-order valence-electron chi connectivity index (χ2n) is 10.8. The fourth-order valence-electron chi connectivity index (χ4n) is 6.10. The van der Waals surface area contributed by atoms with Gasteiger partial charge in [-0.1, -0.05) is 84.9 Å². The van der Waals surface area contributed by atoms with Gasteiger partial charge in [0.05, 0.1) is 6.04 Å². The summed E-state index contributed by atoms with van der Waals surface area (Å²) in [6.45, 7) is 5.16. The summed E-state index contributed by atoms with van der Waals surface area (Å²) >= 11 is 0. The molecule has 5 rings (SSSR count). The Hall–Kier alpha value is -3.15. The van der Waals surface area contributed by atoms with E-state index in [-0.39, 0.29) is 12.1 Å². The summed E-state index contributed by atoms with van der Waals surface area (Å²) in [6, 6.07) is 27.4. The van der Waals surface area contributed by atoms with Gasteiger partial charge in [0.2, 0.25) is 0 Å². The van der Waals surface area contributed by atoms with Crippen molar-refractivity contribution in [3.05, 3.63) is 107 Å². The number of hydrogen-bond acceptors (Lipinski definition) is 3. The van der Waals surface area contributed by atoms with Crippen LogP contribution in [0.1, 0.15) is 61.3 Å². The third kappa shape index (κ3) is 5.89. The van der Waals surface area contributed by atoms with Gasteiger partial charge < -0.3 is 15.7 Å². The normalized spacial score (nSPS) is 20.7. The number of nitrogens with zero attached hydrogens (tertiary/aromatic N) is 1. The van der Waals surface area contributed by atoms with Crippen LogP contribution in [0.2, 0.25) is 0 Å². The first-order valence-corrected chi connectivity index (χ1v) is 13.7. The van der Waals surface area contributed by atoms with E-state index in [4.69, 9.17) is 0 Å². The third-order valence-electron chi connectivity index (χ3n) is 8.34. The molecule has 0 unspecified atom stereocenters. The Bertz CT molecular complexity index is 1090. The molecule has 3 aromatic carbocycles. The monoisotopic (exact) mass is 497 g/mol. The molecule has 1 fully saturated rings. The molecule has 0 aromatic heterocycles. The molecule has 0 spiro atoms. The number of benzene rings is 3. The van der Waals surface area contributed by atoms with Crippen LogP contribution >= 0.6 is 0 Å². The molecule has 1 atom stereocenters. The van der Waals surface area contributed by atoms with E-state index in [1.54, 1.807) is 0 Å². The van der Waals surface area contributed by atoms with Crippen molar-refractivity contribution >= 4 is 6.03 Å². The molecule has 1 aliphatic heterocycles. The molecule has 0 saturated heterocycles. The molecule has 3 aromatic rings. The Morgan fingerprint density at radius 2 is 1.38 bits per heavy atom. The van der Waals surface area contributed by atoms with E-state index in [0.29, 0.717) is 0 Å². The SMILES string of the molecule is C[C@@H](NC(=O)N[C@H]1CC[C@H](CCN2Cc3ccccc3C2)CC1)C(O)(c1ccccc1)c1ccccc1. The molecule has 2 aliphatic rings. The Morgan fingerprint density at radius 3 is 1.92 bits per heavy atom. The predicted octanol–water partition coefficient (Wildman–Crippen LogP) is 5.57. The number of rotatable bonds is 8. The van der Waals surface area contributed by atoms with E-state index in [0.717, 1.165) is 62.4 Å². The van der Waals surface area contributed by atoms with Crippen molar-refractivity contribution in [1.82, 2.24) is 15.5 Å². The second kappa shape index (κ2) is 11.5. The first-order chi connectivity index (χ1) is 18.0. The van der Waals surface area contributed by atoms with Crippen LogP contribution < -0.4 is 10.6 Å². The molecule has 1 heterocycles. The minimum atomic E-state index is -1.33. The minimum Gasteiger partial charge on any atom is -0.378 e. The largest absolute Gasteiger partial charge is 0.378 e. The lowest BCUT2D eigenvalue weighted by Crippen LogP contribution is -2.54. The maximum absolute atomic E-state index is 13.0. The van der Waals surface area contributed by atoms with Gasteiger partial charge in [0, 0.05) is 19.1 Å².